The number of nitrogens with zero attached hydrogens (tertiary/aromatic N) is 1. The Morgan fingerprint density at radius 2 is 1.93 bits per heavy atom. The first-order valence-corrected chi connectivity index (χ1v) is 9.01. The molecule has 0 aromatic heterocycles. The summed E-state index contributed by atoms with van der Waals surface area (Å²) in [5.41, 5.74) is -0.720. The minimum absolute atomic E-state index is 0.00875. The van der Waals surface area contributed by atoms with E-state index in [1.165, 1.54) is 12.1 Å². The van der Waals surface area contributed by atoms with E-state index in [1.807, 2.05) is 11.8 Å². The van der Waals surface area contributed by atoms with Gasteiger partial charge in [0.05, 0.1) is 12.1 Å². The van der Waals surface area contributed by atoms with Gasteiger partial charge in [-0.15, -0.1) is 0 Å². The topological polar surface area (TPSA) is 73.5 Å². The summed E-state index contributed by atoms with van der Waals surface area (Å²) in [7, 11) is 0. The summed E-state index contributed by atoms with van der Waals surface area (Å²) in [6.45, 7) is 4.33. The molecule has 1 heterocycles. The highest BCUT2D eigenvalue weighted by atomic mass is 19.4. The Morgan fingerprint density at radius 3 is 2.56 bits per heavy atom. The van der Waals surface area contributed by atoms with Crippen molar-refractivity contribution in [2.24, 2.45) is 0 Å². The monoisotopic (exact) mass is 386 g/mol. The van der Waals surface area contributed by atoms with E-state index in [2.05, 4.69) is 16.0 Å². The molecule has 0 spiro atoms. The van der Waals surface area contributed by atoms with Gasteiger partial charge in [0.25, 0.3) is 0 Å². The number of hydrogen-bond donors (Lipinski definition) is 3. The number of nitrogens with one attached hydrogen (secondary N) is 3. The molecule has 2 rings (SSSR count). The third-order valence-electron chi connectivity index (χ3n) is 4.31. The van der Waals surface area contributed by atoms with E-state index in [4.69, 9.17) is 0 Å². The van der Waals surface area contributed by atoms with Crippen molar-refractivity contribution in [1.29, 1.82) is 0 Å². The van der Waals surface area contributed by atoms with Crippen LogP contribution >= 0.6 is 0 Å². The average Bonchev–Trinajstić information content (AvgIpc) is 2.61. The van der Waals surface area contributed by atoms with Crippen molar-refractivity contribution in [3.8, 4) is 0 Å². The van der Waals surface area contributed by atoms with Crippen molar-refractivity contribution in [2.45, 2.75) is 38.4 Å². The first-order valence-electron chi connectivity index (χ1n) is 9.01. The third kappa shape index (κ3) is 7.09. The minimum Gasteiger partial charge on any atom is -0.355 e. The van der Waals surface area contributed by atoms with Gasteiger partial charge in [-0.2, -0.15) is 13.2 Å². The van der Waals surface area contributed by atoms with E-state index >= 15 is 0 Å². The predicted octanol–water partition coefficient (Wildman–Crippen LogP) is 2.82. The molecule has 0 bridgehead atoms. The maximum atomic E-state index is 12.7. The molecule has 1 aromatic rings. The highest BCUT2D eigenvalue weighted by molar-refractivity contribution is 5.89. The van der Waals surface area contributed by atoms with Crippen molar-refractivity contribution < 1.29 is 22.8 Å². The molecule has 0 saturated carbocycles. The van der Waals surface area contributed by atoms with E-state index in [0.29, 0.717) is 39.0 Å². The van der Waals surface area contributed by atoms with Gasteiger partial charge in [-0.25, -0.2) is 4.79 Å². The van der Waals surface area contributed by atoms with Crippen molar-refractivity contribution in [1.82, 2.24) is 15.5 Å². The lowest BCUT2D eigenvalue weighted by atomic mass is 10.1. The number of carbonyl (C=O) groups excluding carboxylic acids is 2. The fourth-order valence-electron chi connectivity index (χ4n) is 2.88. The van der Waals surface area contributed by atoms with Crippen LogP contribution in [0, 0.1) is 0 Å². The van der Waals surface area contributed by atoms with Crippen LogP contribution in [-0.4, -0.2) is 49.1 Å². The Hall–Kier alpha value is -2.29. The van der Waals surface area contributed by atoms with Gasteiger partial charge in [0.15, 0.2) is 0 Å². The second-order valence-corrected chi connectivity index (χ2v) is 6.58. The first kappa shape index (κ1) is 21.0. The van der Waals surface area contributed by atoms with Crippen molar-refractivity contribution in [3.63, 3.8) is 0 Å². The number of rotatable bonds is 6. The van der Waals surface area contributed by atoms with Gasteiger partial charge < -0.3 is 16.0 Å². The Balaban J connectivity index is 1.75. The maximum Gasteiger partial charge on any atom is 0.416 e. The minimum atomic E-state index is -4.45. The van der Waals surface area contributed by atoms with Gasteiger partial charge in [-0.3, -0.25) is 9.69 Å². The summed E-state index contributed by atoms with van der Waals surface area (Å²) in [6.07, 6.45) is -2.21. The molecule has 1 aliphatic rings. The molecule has 150 valence electrons. The molecule has 0 radical (unpaired) electrons. The molecular formula is C18H25F3N4O2. The standard InChI is InChI=1S/C18H25F3N4O2/c1-2-8-22-16(26)12-25-9-6-14(7-10-25)23-17(27)24-15-5-3-4-13(11-15)18(19,20)21/h3-5,11,14H,2,6-10,12H2,1H3,(H,22,26)(H2,23,24,27). The molecule has 3 N–H and O–H groups in total. The van der Waals surface area contributed by atoms with Gasteiger partial charge in [0.2, 0.25) is 5.91 Å². The van der Waals surface area contributed by atoms with Crippen molar-refractivity contribution in [2.75, 3.05) is 31.5 Å². The van der Waals surface area contributed by atoms with E-state index < -0.39 is 17.8 Å². The molecule has 0 atom stereocenters. The smallest absolute Gasteiger partial charge is 0.355 e. The van der Waals surface area contributed by atoms with Crippen molar-refractivity contribution >= 4 is 17.6 Å². The molecule has 6 nitrogen and oxygen atoms in total. The summed E-state index contributed by atoms with van der Waals surface area (Å²) in [6, 6.07) is 3.90. The number of halogens is 3. The highest BCUT2D eigenvalue weighted by Gasteiger charge is 2.30. The summed E-state index contributed by atoms with van der Waals surface area (Å²) in [5, 5.41) is 8.04. The Kier molecular flexibility index (Phi) is 7.46. The lowest BCUT2D eigenvalue weighted by Gasteiger charge is -2.31. The Bertz CT molecular complexity index is 644. The second kappa shape index (κ2) is 9.59. The van der Waals surface area contributed by atoms with E-state index in [1.54, 1.807) is 0 Å². The van der Waals surface area contributed by atoms with Crippen LogP contribution in [0.4, 0.5) is 23.7 Å². The number of carbonyl (C=O) groups is 2. The van der Waals surface area contributed by atoms with Gasteiger partial charge in [0, 0.05) is 31.4 Å². The summed E-state index contributed by atoms with van der Waals surface area (Å²) >= 11 is 0. The second-order valence-electron chi connectivity index (χ2n) is 6.58. The molecular weight excluding hydrogens is 361 g/mol. The van der Waals surface area contributed by atoms with Crippen LogP contribution < -0.4 is 16.0 Å². The van der Waals surface area contributed by atoms with Crippen molar-refractivity contribution in [3.05, 3.63) is 29.8 Å². The summed E-state index contributed by atoms with van der Waals surface area (Å²) < 4.78 is 38.1. The third-order valence-corrected chi connectivity index (χ3v) is 4.31. The molecule has 0 unspecified atom stereocenters. The Morgan fingerprint density at radius 1 is 1.22 bits per heavy atom. The number of amides is 3. The predicted molar refractivity (Wildman–Crippen MR) is 96.4 cm³/mol. The number of hydrogen-bond acceptors (Lipinski definition) is 3. The number of anilines is 1. The molecule has 1 aromatic carbocycles. The van der Waals surface area contributed by atoms with Crippen LogP contribution in [0.1, 0.15) is 31.7 Å². The zero-order valence-corrected chi connectivity index (χ0v) is 15.2. The van der Waals surface area contributed by atoms with Gasteiger partial charge in [0.1, 0.15) is 0 Å². The molecule has 1 aliphatic heterocycles. The summed E-state index contributed by atoms with van der Waals surface area (Å²) in [5.74, 6) is -0.00875. The van der Waals surface area contributed by atoms with E-state index in [0.717, 1.165) is 18.6 Å². The van der Waals surface area contributed by atoms with Crippen LogP contribution in [0.15, 0.2) is 24.3 Å². The van der Waals surface area contributed by atoms with E-state index in [-0.39, 0.29) is 17.6 Å². The summed E-state index contributed by atoms with van der Waals surface area (Å²) in [4.78, 5) is 25.8. The lowest BCUT2D eigenvalue weighted by molar-refractivity contribution is -0.137. The molecule has 9 heteroatoms. The normalized spacial score (nSPS) is 16.0. The number of alkyl halides is 3. The zero-order valence-electron chi connectivity index (χ0n) is 15.2. The van der Waals surface area contributed by atoms with Gasteiger partial charge in [-0.05, 0) is 37.5 Å². The fourth-order valence-corrected chi connectivity index (χ4v) is 2.88. The zero-order chi connectivity index (χ0) is 19.9. The highest BCUT2D eigenvalue weighted by Crippen LogP contribution is 2.30. The Labute approximate surface area is 156 Å². The van der Waals surface area contributed by atoms with E-state index in [9.17, 15) is 22.8 Å². The quantitative estimate of drug-likeness (QED) is 0.704. The van der Waals surface area contributed by atoms with Crippen LogP contribution in [0.3, 0.4) is 0 Å². The largest absolute Gasteiger partial charge is 0.416 e. The van der Waals surface area contributed by atoms with Gasteiger partial charge >= 0.3 is 12.2 Å². The first-order chi connectivity index (χ1) is 12.8. The number of urea groups is 1. The molecule has 27 heavy (non-hydrogen) atoms. The van der Waals surface area contributed by atoms with Crippen LogP contribution in [0.25, 0.3) is 0 Å². The lowest BCUT2D eigenvalue weighted by Crippen LogP contribution is -2.48. The SMILES string of the molecule is CCCNC(=O)CN1CCC(NC(=O)Nc2cccc(C(F)(F)F)c2)CC1. The molecule has 1 fully saturated rings. The number of likely N-dealkylation sites (tertiary alicyclic amines) is 1. The number of piperidine rings is 1. The van der Waals surface area contributed by atoms with Gasteiger partial charge in [-0.1, -0.05) is 13.0 Å². The van der Waals surface area contributed by atoms with Crippen LogP contribution in [-0.2, 0) is 11.0 Å². The molecule has 0 aliphatic carbocycles. The number of benzene rings is 1. The maximum absolute atomic E-state index is 12.7. The van der Waals surface area contributed by atoms with Crippen LogP contribution in [0.5, 0.6) is 0 Å². The average molecular weight is 386 g/mol. The van der Waals surface area contributed by atoms with Crippen LogP contribution in [0.2, 0.25) is 0 Å². The molecule has 3 amide bonds. The fraction of sp³-hybridized carbons (Fsp3) is 0.556. The molecule has 1 saturated heterocycles.